The Labute approximate surface area is 291 Å². The molecule has 7 aromatic rings. The Morgan fingerprint density at radius 3 is 1.88 bits per heavy atom. The molecule has 0 saturated heterocycles. The van der Waals surface area contributed by atoms with Crippen LogP contribution in [-0.4, -0.2) is 10.7 Å². The second-order valence-corrected chi connectivity index (χ2v) is 12.9. The molecule has 236 valence electrons. The SMILES string of the molecule is C1=C(c2ccccc2)NC(c2cccnc2-c2ccc3c(c2)C2(c4ccccc4O3)c3ccccc3-c3ccccc32)N=C1c1ccccc1. The Morgan fingerprint density at radius 1 is 0.520 bits per heavy atom. The molecule has 1 aromatic heterocycles. The number of para-hydroxylation sites is 1. The van der Waals surface area contributed by atoms with Gasteiger partial charge in [0, 0.05) is 34.1 Å². The van der Waals surface area contributed by atoms with Gasteiger partial charge in [0.15, 0.2) is 0 Å². The van der Waals surface area contributed by atoms with Crippen LogP contribution in [0, 0.1) is 0 Å². The van der Waals surface area contributed by atoms with Crippen LogP contribution < -0.4 is 10.1 Å². The average molecular weight is 642 g/mol. The van der Waals surface area contributed by atoms with Gasteiger partial charge in [-0.2, -0.15) is 0 Å². The predicted molar refractivity (Wildman–Crippen MR) is 200 cm³/mol. The molecule has 1 N–H and O–H groups in total. The van der Waals surface area contributed by atoms with Crippen LogP contribution in [0.15, 0.2) is 181 Å². The number of allylic oxidation sites excluding steroid dienone is 1. The van der Waals surface area contributed by atoms with Crippen molar-refractivity contribution in [2.45, 2.75) is 11.6 Å². The number of fused-ring (bicyclic) bond motifs is 9. The minimum Gasteiger partial charge on any atom is -0.457 e. The van der Waals surface area contributed by atoms with E-state index in [1.165, 1.54) is 22.3 Å². The molecule has 50 heavy (non-hydrogen) atoms. The van der Waals surface area contributed by atoms with Crippen molar-refractivity contribution in [2.24, 2.45) is 4.99 Å². The van der Waals surface area contributed by atoms with Crippen LogP contribution in [0.4, 0.5) is 0 Å². The van der Waals surface area contributed by atoms with E-state index < -0.39 is 5.41 Å². The third kappa shape index (κ3) is 4.25. The summed E-state index contributed by atoms with van der Waals surface area (Å²) < 4.78 is 6.70. The predicted octanol–water partition coefficient (Wildman–Crippen LogP) is 10.3. The molecule has 0 bridgehead atoms. The van der Waals surface area contributed by atoms with Crippen molar-refractivity contribution < 1.29 is 4.74 Å². The molecule has 1 atom stereocenters. The van der Waals surface area contributed by atoms with E-state index in [-0.39, 0.29) is 6.17 Å². The summed E-state index contributed by atoms with van der Waals surface area (Å²) in [5.41, 5.74) is 13.8. The summed E-state index contributed by atoms with van der Waals surface area (Å²) in [5.74, 6) is 1.73. The van der Waals surface area contributed by atoms with Crippen LogP contribution in [0.1, 0.15) is 45.1 Å². The molecule has 0 radical (unpaired) electrons. The number of benzene rings is 6. The van der Waals surface area contributed by atoms with Gasteiger partial charge in [-0.25, -0.2) is 0 Å². The van der Waals surface area contributed by atoms with Gasteiger partial charge in [0.05, 0.1) is 16.8 Å². The van der Waals surface area contributed by atoms with E-state index in [0.717, 1.165) is 62.0 Å². The third-order valence-corrected chi connectivity index (χ3v) is 10.2. The molecule has 1 unspecified atom stereocenters. The van der Waals surface area contributed by atoms with Crippen LogP contribution >= 0.6 is 0 Å². The van der Waals surface area contributed by atoms with Crippen molar-refractivity contribution in [3.63, 3.8) is 0 Å². The van der Waals surface area contributed by atoms with Gasteiger partial charge in [-0.1, -0.05) is 133 Å². The van der Waals surface area contributed by atoms with Crippen molar-refractivity contribution >= 4 is 11.4 Å². The van der Waals surface area contributed by atoms with Gasteiger partial charge in [0.2, 0.25) is 0 Å². The normalized spacial score (nSPS) is 16.1. The summed E-state index contributed by atoms with van der Waals surface area (Å²) in [7, 11) is 0. The molecule has 10 rings (SSSR count). The fraction of sp³-hybridized carbons (Fsp3) is 0.0435. The first-order chi connectivity index (χ1) is 24.8. The van der Waals surface area contributed by atoms with E-state index in [9.17, 15) is 0 Å². The van der Waals surface area contributed by atoms with E-state index in [1.807, 2.05) is 24.4 Å². The number of ether oxygens (including phenoxy) is 1. The molecule has 0 amide bonds. The van der Waals surface area contributed by atoms with Gasteiger partial charge in [0.25, 0.3) is 0 Å². The number of rotatable bonds is 4. The highest BCUT2D eigenvalue weighted by Gasteiger charge is 2.51. The number of hydrogen-bond donors (Lipinski definition) is 1. The molecule has 3 aliphatic rings. The van der Waals surface area contributed by atoms with Gasteiger partial charge in [-0.05, 0) is 69.8 Å². The van der Waals surface area contributed by atoms with Crippen LogP contribution in [0.5, 0.6) is 11.5 Å². The first-order valence-corrected chi connectivity index (χ1v) is 17.0. The van der Waals surface area contributed by atoms with Crippen molar-refractivity contribution in [3.05, 3.63) is 215 Å². The van der Waals surface area contributed by atoms with Crippen LogP contribution in [-0.2, 0) is 5.41 Å². The Balaban J connectivity index is 1.17. The number of pyridine rings is 1. The van der Waals surface area contributed by atoms with E-state index >= 15 is 0 Å². The Hall–Kier alpha value is -6.52. The van der Waals surface area contributed by atoms with E-state index in [2.05, 4.69) is 157 Å². The third-order valence-electron chi connectivity index (χ3n) is 10.2. The minimum absolute atomic E-state index is 0.357. The van der Waals surface area contributed by atoms with E-state index in [4.69, 9.17) is 14.7 Å². The van der Waals surface area contributed by atoms with Crippen molar-refractivity contribution in [3.8, 4) is 33.9 Å². The van der Waals surface area contributed by atoms with Crippen molar-refractivity contribution in [1.82, 2.24) is 10.3 Å². The summed E-state index contributed by atoms with van der Waals surface area (Å²) in [5, 5.41) is 3.75. The first kappa shape index (κ1) is 28.5. The lowest BCUT2D eigenvalue weighted by atomic mass is 9.66. The first-order valence-electron chi connectivity index (χ1n) is 17.0. The summed E-state index contributed by atoms with van der Waals surface area (Å²) in [6, 6.07) is 57.6. The Bertz CT molecular complexity index is 2450. The molecule has 6 aromatic carbocycles. The maximum absolute atomic E-state index is 6.70. The van der Waals surface area contributed by atoms with Gasteiger partial charge >= 0.3 is 0 Å². The Kier molecular flexibility index (Phi) is 6.43. The van der Waals surface area contributed by atoms with E-state index in [0.29, 0.717) is 0 Å². The highest BCUT2D eigenvalue weighted by molar-refractivity contribution is 6.13. The topological polar surface area (TPSA) is 46.5 Å². The zero-order valence-electron chi connectivity index (χ0n) is 27.1. The number of aromatic nitrogens is 1. The molecular weight excluding hydrogens is 611 g/mol. The fourth-order valence-corrected chi connectivity index (χ4v) is 8.12. The van der Waals surface area contributed by atoms with Crippen LogP contribution in [0.25, 0.3) is 28.1 Å². The monoisotopic (exact) mass is 641 g/mol. The van der Waals surface area contributed by atoms with Gasteiger partial charge < -0.3 is 10.1 Å². The molecular formula is C46H31N3O. The lowest BCUT2D eigenvalue weighted by Gasteiger charge is -2.39. The standard InChI is InChI=1S/C46H31N3O/c1-3-14-30(15-4-1)40-29-41(31-16-5-2-6-17-31)49-45(48-40)35-20-13-27-47-44(35)32-25-26-43-39(28-32)46(38-23-11-12-24-42(38)50-43)36-21-9-7-18-33(36)34-19-8-10-22-37(34)46/h1-29,45,48H. The molecule has 4 nitrogen and oxygen atoms in total. The number of nitrogens with zero attached hydrogens (tertiary/aromatic N) is 2. The van der Waals surface area contributed by atoms with Gasteiger partial charge in [0.1, 0.15) is 17.7 Å². The summed E-state index contributed by atoms with van der Waals surface area (Å²) in [6.07, 6.45) is 3.66. The maximum Gasteiger partial charge on any atom is 0.147 e. The number of aliphatic imine (C=N–C) groups is 1. The number of hydrogen-bond acceptors (Lipinski definition) is 4. The van der Waals surface area contributed by atoms with Crippen molar-refractivity contribution in [2.75, 3.05) is 0 Å². The lowest BCUT2D eigenvalue weighted by Crippen LogP contribution is -2.32. The molecule has 0 fully saturated rings. The highest BCUT2D eigenvalue weighted by atomic mass is 16.5. The van der Waals surface area contributed by atoms with Gasteiger partial charge in [-0.3, -0.25) is 9.98 Å². The largest absolute Gasteiger partial charge is 0.457 e. The average Bonchev–Trinajstić information content (AvgIpc) is 3.49. The summed E-state index contributed by atoms with van der Waals surface area (Å²) in [4.78, 5) is 10.3. The maximum atomic E-state index is 6.70. The zero-order valence-corrected chi connectivity index (χ0v) is 27.1. The highest BCUT2D eigenvalue weighted by Crippen LogP contribution is 2.62. The quantitative estimate of drug-likeness (QED) is 0.208. The van der Waals surface area contributed by atoms with Crippen molar-refractivity contribution in [1.29, 1.82) is 0 Å². The smallest absolute Gasteiger partial charge is 0.147 e. The molecule has 1 aliphatic carbocycles. The summed E-state index contributed by atoms with van der Waals surface area (Å²) >= 11 is 0. The second kappa shape index (κ2) is 11.3. The molecule has 4 heteroatoms. The molecule has 0 saturated carbocycles. The van der Waals surface area contributed by atoms with Crippen LogP contribution in [0.2, 0.25) is 0 Å². The zero-order chi connectivity index (χ0) is 33.1. The molecule has 3 heterocycles. The van der Waals surface area contributed by atoms with Crippen LogP contribution in [0.3, 0.4) is 0 Å². The second-order valence-electron chi connectivity index (χ2n) is 12.9. The minimum atomic E-state index is -0.548. The fourth-order valence-electron chi connectivity index (χ4n) is 8.12. The Morgan fingerprint density at radius 2 is 1.14 bits per heavy atom. The summed E-state index contributed by atoms with van der Waals surface area (Å²) in [6.45, 7) is 0. The van der Waals surface area contributed by atoms with E-state index in [1.54, 1.807) is 0 Å². The van der Waals surface area contributed by atoms with Gasteiger partial charge in [-0.15, -0.1) is 0 Å². The lowest BCUT2D eigenvalue weighted by molar-refractivity contribution is 0.436. The molecule has 1 spiro atoms. The molecule has 2 aliphatic heterocycles. The number of nitrogens with one attached hydrogen (secondary N) is 1.